The van der Waals surface area contributed by atoms with Gasteiger partial charge in [0.15, 0.2) is 17.3 Å². The van der Waals surface area contributed by atoms with Crippen LogP contribution in [0.4, 0.5) is 0 Å². The summed E-state index contributed by atoms with van der Waals surface area (Å²) in [7, 11) is 0. The molecule has 0 saturated heterocycles. The number of esters is 2. The van der Waals surface area contributed by atoms with Crippen LogP contribution >= 0.6 is 0 Å². The van der Waals surface area contributed by atoms with E-state index in [2.05, 4.69) is 0 Å². The van der Waals surface area contributed by atoms with Crippen LogP contribution in [0, 0.1) is 0 Å². The summed E-state index contributed by atoms with van der Waals surface area (Å²) in [4.78, 5) is 64.6. The van der Waals surface area contributed by atoms with Gasteiger partial charge in [0.05, 0.1) is 18.6 Å². The fourth-order valence-corrected chi connectivity index (χ4v) is 3.79. The van der Waals surface area contributed by atoms with E-state index in [0.717, 1.165) is 0 Å². The predicted octanol–water partition coefficient (Wildman–Crippen LogP) is 3.73. The molecule has 7 nitrogen and oxygen atoms in total. The normalized spacial score (nSPS) is 12.7. The Morgan fingerprint density at radius 2 is 1.50 bits per heavy atom. The molecule has 0 aromatic heterocycles. The Balaban J connectivity index is 2.31. The van der Waals surface area contributed by atoms with Crippen molar-refractivity contribution in [2.24, 2.45) is 0 Å². The first-order chi connectivity index (χ1) is 15.0. The number of carbonyl (C=O) groups is 5. The Morgan fingerprint density at radius 1 is 0.906 bits per heavy atom. The summed E-state index contributed by atoms with van der Waals surface area (Å²) >= 11 is 0. The maximum atomic E-state index is 13.3. The number of carbonyl (C=O) groups excluding carboxylic acids is 5. The van der Waals surface area contributed by atoms with Gasteiger partial charge in [0.2, 0.25) is 0 Å². The molecule has 166 valence electrons. The monoisotopic (exact) mass is 436 g/mol. The van der Waals surface area contributed by atoms with Crippen molar-refractivity contribution < 1.29 is 33.4 Å². The van der Waals surface area contributed by atoms with Gasteiger partial charge in [-0.2, -0.15) is 0 Å². The van der Waals surface area contributed by atoms with Crippen molar-refractivity contribution in [2.75, 3.05) is 6.61 Å². The van der Waals surface area contributed by atoms with Crippen LogP contribution in [-0.2, 0) is 20.7 Å². The lowest BCUT2D eigenvalue weighted by molar-refractivity contribution is -0.153. The number of hydrogen-bond acceptors (Lipinski definition) is 7. The molecule has 0 heterocycles. The lowest BCUT2D eigenvalue weighted by atomic mass is 9.78. The SMILES string of the molecule is CCOC(=O)c1c(C(C)=O)c(CC(=O)OC(C)(C)C)cc2c1C(=O)c1ccccc1C2=O. The average molecular weight is 436 g/mol. The first-order valence-electron chi connectivity index (χ1n) is 10.2. The van der Waals surface area contributed by atoms with Crippen molar-refractivity contribution in [3.63, 3.8) is 0 Å². The zero-order chi connectivity index (χ0) is 23.8. The third-order valence-electron chi connectivity index (χ3n) is 4.88. The first-order valence-corrected chi connectivity index (χ1v) is 10.2. The number of Topliss-reactive ketones (excluding diaryl/α,β-unsaturated/α-hetero) is 1. The minimum absolute atomic E-state index is 0.0000310. The van der Waals surface area contributed by atoms with E-state index in [1.807, 2.05) is 0 Å². The van der Waals surface area contributed by atoms with Gasteiger partial charge >= 0.3 is 11.9 Å². The van der Waals surface area contributed by atoms with Crippen molar-refractivity contribution >= 4 is 29.3 Å². The minimum Gasteiger partial charge on any atom is -0.462 e. The Morgan fingerprint density at radius 3 is 2.03 bits per heavy atom. The quantitative estimate of drug-likeness (QED) is 0.443. The van der Waals surface area contributed by atoms with Gasteiger partial charge in [-0.1, -0.05) is 24.3 Å². The van der Waals surface area contributed by atoms with E-state index < -0.39 is 34.9 Å². The van der Waals surface area contributed by atoms with Crippen LogP contribution in [0.1, 0.15) is 92.7 Å². The van der Waals surface area contributed by atoms with Crippen LogP contribution in [0.25, 0.3) is 0 Å². The Bertz CT molecular complexity index is 1170. The van der Waals surface area contributed by atoms with Crippen molar-refractivity contribution in [3.05, 3.63) is 69.3 Å². The summed E-state index contributed by atoms with van der Waals surface area (Å²) < 4.78 is 10.5. The van der Waals surface area contributed by atoms with Gasteiger partial charge in [0.1, 0.15) is 5.60 Å². The minimum atomic E-state index is -0.902. The Kier molecular flexibility index (Phi) is 6.12. The molecule has 2 aromatic rings. The molecule has 32 heavy (non-hydrogen) atoms. The molecule has 7 heteroatoms. The highest BCUT2D eigenvalue weighted by Gasteiger charge is 2.37. The molecule has 1 aliphatic carbocycles. The van der Waals surface area contributed by atoms with Crippen LogP contribution in [0.15, 0.2) is 30.3 Å². The van der Waals surface area contributed by atoms with Gasteiger partial charge in [-0.25, -0.2) is 4.79 Å². The Hall–Kier alpha value is -3.61. The molecule has 0 saturated carbocycles. The van der Waals surface area contributed by atoms with E-state index in [0.29, 0.717) is 0 Å². The van der Waals surface area contributed by atoms with Gasteiger partial charge in [0, 0.05) is 27.8 Å². The van der Waals surface area contributed by atoms with Gasteiger partial charge in [-0.15, -0.1) is 0 Å². The fourth-order valence-electron chi connectivity index (χ4n) is 3.79. The highest BCUT2D eigenvalue weighted by molar-refractivity contribution is 6.32. The average Bonchev–Trinajstić information content (AvgIpc) is 2.69. The molecule has 0 N–H and O–H groups in total. The lowest BCUT2D eigenvalue weighted by Crippen LogP contribution is -2.29. The van der Waals surface area contributed by atoms with Crippen molar-refractivity contribution in [1.82, 2.24) is 0 Å². The third-order valence-corrected chi connectivity index (χ3v) is 4.88. The number of rotatable bonds is 5. The van der Waals surface area contributed by atoms with Gasteiger partial charge in [-0.3, -0.25) is 19.2 Å². The molecule has 0 fully saturated rings. The number of hydrogen-bond donors (Lipinski definition) is 0. The zero-order valence-corrected chi connectivity index (χ0v) is 18.7. The molecule has 0 radical (unpaired) electrons. The van der Waals surface area contributed by atoms with Crippen molar-refractivity contribution in [1.29, 1.82) is 0 Å². The standard InChI is InChI=1S/C25H24O7/c1-6-31-24(30)21-19(13(2)26)14(12-18(27)32-25(3,4)5)11-17-20(21)23(29)16-10-8-7-9-15(16)22(17)28/h7-11H,6,12H2,1-5H3. The summed E-state index contributed by atoms with van der Waals surface area (Å²) in [5, 5.41) is 0. The molecule has 0 spiro atoms. The van der Waals surface area contributed by atoms with Crippen LogP contribution in [0.5, 0.6) is 0 Å². The molecule has 0 amide bonds. The maximum absolute atomic E-state index is 13.3. The summed E-state index contributed by atoms with van der Waals surface area (Å²) in [5.41, 5.74) is -0.920. The molecular weight excluding hydrogens is 412 g/mol. The van der Waals surface area contributed by atoms with Crippen LogP contribution < -0.4 is 0 Å². The number of ketones is 3. The molecule has 0 unspecified atom stereocenters. The van der Waals surface area contributed by atoms with E-state index in [1.165, 1.54) is 25.1 Å². The molecule has 0 aliphatic heterocycles. The Labute approximate surface area is 185 Å². The summed E-state index contributed by atoms with van der Waals surface area (Å²) in [6.07, 6.45) is -0.352. The van der Waals surface area contributed by atoms with E-state index in [4.69, 9.17) is 9.47 Å². The number of ether oxygens (including phenoxy) is 2. The summed E-state index contributed by atoms with van der Waals surface area (Å²) in [6, 6.07) is 7.61. The second-order valence-corrected chi connectivity index (χ2v) is 8.45. The molecule has 1 aliphatic rings. The number of benzene rings is 2. The second-order valence-electron chi connectivity index (χ2n) is 8.45. The van der Waals surface area contributed by atoms with Gasteiger partial charge in [0.25, 0.3) is 0 Å². The highest BCUT2D eigenvalue weighted by atomic mass is 16.6. The van der Waals surface area contributed by atoms with Crippen LogP contribution in [0.2, 0.25) is 0 Å². The fraction of sp³-hybridized carbons (Fsp3) is 0.320. The van der Waals surface area contributed by atoms with Gasteiger partial charge in [-0.05, 0) is 46.2 Å². The molecule has 2 aromatic carbocycles. The van der Waals surface area contributed by atoms with Crippen LogP contribution in [-0.4, -0.2) is 41.5 Å². The summed E-state index contributed by atoms with van der Waals surface area (Å²) in [5.74, 6) is -3.09. The lowest BCUT2D eigenvalue weighted by Gasteiger charge is -2.24. The number of fused-ring (bicyclic) bond motifs is 2. The molecule has 0 bridgehead atoms. The zero-order valence-electron chi connectivity index (χ0n) is 18.7. The molecular formula is C25H24O7. The first kappa shape index (κ1) is 23.1. The van der Waals surface area contributed by atoms with E-state index >= 15 is 0 Å². The van der Waals surface area contributed by atoms with Crippen molar-refractivity contribution in [2.45, 2.75) is 46.6 Å². The summed E-state index contributed by atoms with van der Waals surface area (Å²) in [6.45, 7) is 7.92. The van der Waals surface area contributed by atoms with E-state index in [1.54, 1.807) is 39.8 Å². The predicted molar refractivity (Wildman–Crippen MR) is 115 cm³/mol. The maximum Gasteiger partial charge on any atom is 0.339 e. The largest absolute Gasteiger partial charge is 0.462 e. The highest BCUT2D eigenvalue weighted by Crippen LogP contribution is 2.34. The van der Waals surface area contributed by atoms with E-state index in [9.17, 15) is 24.0 Å². The molecule has 0 atom stereocenters. The second kappa shape index (κ2) is 8.49. The van der Waals surface area contributed by atoms with Gasteiger partial charge < -0.3 is 9.47 Å². The third kappa shape index (κ3) is 4.23. The van der Waals surface area contributed by atoms with Crippen LogP contribution in [0.3, 0.4) is 0 Å². The smallest absolute Gasteiger partial charge is 0.339 e. The molecule has 3 rings (SSSR count). The van der Waals surface area contributed by atoms with Crippen molar-refractivity contribution in [3.8, 4) is 0 Å². The topological polar surface area (TPSA) is 104 Å². The van der Waals surface area contributed by atoms with E-state index in [-0.39, 0.29) is 52.0 Å².